The maximum absolute atomic E-state index is 14.9. The molecule has 1 aromatic heterocycles. The molecule has 0 saturated carbocycles. The minimum Gasteiger partial charge on any atom is -0.442 e. The van der Waals surface area contributed by atoms with E-state index in [-0.39, 0.29) is 57.0 Å². The predicted molar refractivity (Wildman–Crippen MR) is 331 cm³/mol. The molecule has 3 aliphatic rings. The standard InChI is InChI=1S/C23H25FN6O3.C23H24FN3O3.C19H18ClFN2O3/c1-15(31)25-11-20-14-30(23(32)33-20)19-7-8-21(22(24)9-19)17-5-3-16(4-6-17)12-29(2)13-18-10-26-28-27-18;1-4-11-26(3)14-17-5-7-18(8-6-17)21-10-9-19(12-22(21)24)27-15-20(30-23(27)29)13-25-16(2)28;1-12(24)22-10-16-11-23(19(25)26-16)15-6-7-17(18(21)8-15)14-4-2-13(9-20)3-5-14/h3-10,20H,11-14H2,1-2H3,(H,25,31)(H,26,27,28);1,5-10,12,20H,11,13-15H2,2-3H3,(H,25,28);2-8,16H,9-11H2,1H3,(H,22,24)/t2*20-;16-/m000/s1. The van der Waals surface area contributed by atoms with Crippen molar-refractivity contribution in [2.45, 2.75) is 64.6 Å². The fraction of sp³-hybridized carbons (Fsp3) is 0.292. The molecule has 3 atom stereocenters. The zero-order valence-electron chi connectivity index (χ0n) is 49.6. The van der Waals surface area contributed by atoms with Crippen molar-refractivity contribution in [3.8, 4) is 45.7 Å². The number of benzene rings is 6. The summed E-state index contributed by atoms with van der Waals surface area (Å²) < 4.78 is 60.0. The third-order valence-corrected chi connectivity index (χ3v) is 14.6. The zero-order valence-corrected chi connectivity index (χ0v) is 50.4. The Kier molecular flexibility index (Phi) is 22.5. The fourth-order valence-corrected chi connectivity index (χ4v) is 10.0. The van der Waals surface area contributed by atoms with E-state index in [0.717, 1.165) is 39.1 Å². The summed E-state index contributed by atoms with van der Waals surface area (Å²) >= 11 is 5.77. The van der Waals surface area contributed by atoms with Crippen molar-refractivity contribution in [2.24, 2.45) is 0 Å². The Labute approximate surface area is 518 Å². The molecule has 4 heterocycles. The van der Waals surface area contributed by atoms with Crippen LogP contribution in [0.5, 0.6) is 0 Å². The van der Waals surface area contributed by atoms with Crippen LogP contribution in [0.2, 0.25) is 0 Å². The maximum atomic E-state index is 14.9. The quantitative estimate of drug-likeness (QED) is 0.0318. The van der Waals surface area contributed by atoms with Gasteiger partial charge in [-0.3, -0.25) is 38.9 Å². The number of hydrogen-bond acceptors (Lipinski definition) is 13. The number of rotatable bonds is 20. The number of ether oxygens (including phenoxy) is 3. The number of aromatic nitrogens is 3. The minimum absolute atomic E-state index is 0.199. The van der Waals surface area contributed by atoms with Gasteiger partial charge in [0.1, 0.15) is 35.8 Å². The van der Waals surface area contributed by atoms with Crippen molar-refractivity contribution in [1.29, 1.82) is 0 Å². The molecule has 0 bridgehead atoms. The lowest BCUT2D eigenvalue weighted by atomic mass is 10.0. The molecule has 3 saturated heterocycles. The largest absolute Gasteiger partial charge is 0.442 e. The summed E-state index contributed by atoms with van der Waals surface area (Å²) in [5.74, 6) is 1.11. The molecule has 20 nitrogen and oxygen atoms in total. The van der Waals surface area contributed by atoms with Gasteiger partial charge in [0.25, 0.3) is 0 Å². The van der Waals surface area contributed by atoms with Crippen molar-refractivity contribution in [3.05, 3.63) is 173 Å². The van der Waals surface area contributed by atoms with E-state index in [1.807, 2.05) is 91.8 Å². The summed E-state index contributed by atoms with van der Waals surface area (Å²) in [6.07, 6.45) is 3.93. The van der Waals surface area contributed by atoms with E-state index in [4.69, 9.17) is 32.2 Å². The number of halogens is 4. The van der Waals surface area contributed by atoms with Crippen LogP contribution in [0.15, 0.2) is 134 Å². The molecular weight excluding hydrogens is 1170 g/mol. The highest BCUT2D eigenvalue weighted by Gasteiger charge is 2.35. The highest BCUT2D eigenvalue weighted by Crippen LogP contribution is 2.33. The average molecular weight is 1240 g/mol. The molecule has 3 aliphatic heterocycles. The van der Waals surface area contributed by atoms with Crippen LogP contribution in [-0.4, -0.2) is 139 Å². The van der Waals surface area contributed by atoms with Crippen LogP contribution in [0.4, 0.5) is 44.6 Å². The average Bonchev–Trinajstić information content (AvgIpc) is 2.97. The number of cyclic esters (lactones) is 3. The lowest BCUT2D eigenvalue weighted by Gasteiger charge is -2.16. The van der Waals surface area contributed by atoms with Crippen molar-refractivity contribution < 1.29 is 56.1 Å². The molecule has 6 aromatic carbocycles. The van der Waals surface area contributed by atoms with Crippen LogP contribution < -0.4 is 30.7 Å². The molecule has 3 fully saturated rings. The zero-order chi connectivity index (χ0) is 63.7. The highest BCUT2D eigenvalue weighted by atomic mass is 35.5. The van der Waals surface area contributed by atoms with E-state index in [0.29, 0.717) is 65.8 Å². The molecule has 24 heteroatoms. The van der Waals surface area contributed by atoms with E-state index < -0.39 is 54.0 Å². The van der Waals surface area contributed by atoms with Crippen molar-refractivity contribution in [3.63, 3.8) is 0 Å². The van der Waals surface area contributed by atoms with Gasteiger partial charge in [-0.1, -0.05) is 78.7 Å². The van der Waals surface area contributed by atoms with Crippen LogP contribution in [0.25, 0.3) is 33.4 Å². The molecule has 6 amide bonds. The van der Waals surface area contributed by atoms with E-state index in [9.17, 15) is 41.9 Å². The van der Waals surface area contributed by atoms with E-state index >= 15 is 0 Å². The third-order valence-electron chi connectivity index (χ3n) is 14.3. The lowest BCUT2D eigenvalue weighted by molar-refractivity contribution is -0.120. The first-order chi connectivity index (χ1) is 42.7. The van der Waals surface area contributed by atoms with Crippen LogP contribution in [0, 0.1) is 29.8 Å². The number of carbonyl (C=O) groups is 6. The number of anilines is 3. The van der Waals surface area contributed by atoms with Crippen molar-refractivity contribution in [1.82, 2.24) is 41.2 Å². The van der Waals surface area contributed by atoms with Gasteiger partial charge in [-0.2, -0.15) is 15.4 Å². The molecule has 7 aromatic rings. The first kappa shape index (κ1) is 65.2. The number of amides is 6. The summed E-state index contributed by atoms with van der Waals surface area (Å²) in [7, 11) is 3.93. The SMILES string of the molecule is C#CCN(C)Cc1ccc(-c2ccc(N3C[C@H](CNC(C)=O)OC3=O)cc2F)cc1.CC(=O)NC[C@H]1CN(c2ccc(-c3ccc(CCl)cc3)c(F)c2)C(=O)O1.CC(=O)NC[C@H]1CN(c2ccc(-c3ccc(CN(C)Cc4cn[nH]n4)cc3)c(F)c2)C(=O)O1. The monoisotopic (exact) mass is 1240 g/mol. The number of hydrogen-bond donors (Lipinski definition) is 4. The van der Waals surface area contributed by atoms with Gasteiger partial charge in [0.05, 0.1) is 74.8 Å². The summed E-state index contributed by atoms with van der Waals surface area (Å²) in [5, 5.41) is 18.3. The number of alkyl halides is 1. The van der Waals surface area contributed by atoms with Gasteiger partial charge in [0.15, 0.2) is 0 Å². The highest BCUT2D eigenvalue weighted by molar-refractivity contribution is 6.17. The van der Waals surface area contributed by atoms with Gasteiger partial charge in [0, 0.05) is 63.0 Å². The van der Waals surface area contributed by atoms with Gasteiger partial charge < -0.3 is 30.2 Å². The predicted octanol–water partition coefficient (Wildman–Crippen LogP) is 9.42. The smallest absolute Gasteiger partial charge is 0.414 e. The second-order valence-electron chi connectivity index (χ2n) is 21.4. The first-order valence-corrected chi connectivity index (χ1v) is 28.8. The van der Waals surface area contributed by atoms with Crippen LogP contribution in [0.1, 0.15) is 43.2 Å². The molecule has 0 unspecified atom stereocenters. The lowest BCUT2D eigenvalue weighted by Crippen LogP contribution is -2.33. The Bertz CT molecular complexity index is 3670. The maximum Gasteiger partial charge on any atom is 0.414 e. The number of aromatic amines is 1. The third kappa shape index (κ3) is 18.2. The Morgan fingerprint density at radius 3 is 1.21 bits per heavy atom. The van der Waals surface area contributed by atoms with Crippen molar-refractivity contribution >= 4 is 64.7 Å². The Hall–Kier alpha value is -9.76. The van der Waals surface area contributed by atoms with E-state index in [1.54, 1.807) is 42.6 Å². The topological polar surface area (TPSA) is 224 Å². The molecule has 10 rings (SSSR count). The Balaban J connectivity index is 0.000000174. The van der Waals surface area contributed by atoms with Crippen molar-refractivity contribution in [2.75, 3.05) is 74.6 Å². The number of terminal acetylenes is 1. The first-order valence-electron chi connectivity index (χ1n) is 28.3. The normalized spacial score (nSPS) is 16.0. The second-order valence-corrected chi connectivity index (χ2v) is 21.7. The number of nitrogens with zero attached hydrogens (tertiary/aromatic N) is 7. The van der Waals surface area contributed by atoms with Gasteiger partial charge >= 0.3 is 18.3 Å². The second kappa shape index (κ2) is 30.7. The summed E-state index contributed by atoms with van der Waals surface area (Å²) in [5.41, 5.74) is 8.79. The minimum atomic E-state index is -0.559. The van der Waals surface area contributed by atoms with Crippen LogP contribution in [-0.2, 0) is 54.1 Å². The van der Waals surface area contributed by atoms with Gasteiger partial charge in [-0.05, 0) is 102 Å². The molecule has 0 radical (unpaired) electrons. The number of H-pyrrole nitrogens is 1. The van der Waals surface area contributed by atoms with Crippen LogP contribution in [0.3, 0.4) is 0 Å². The van der Waals surface area contributed by atoms with E-state index in [2.05, 4.69) is 42.2 Å². The molecule has 4 N–H and O–H groups in total. The summed E-state index contributed by atoms with van der Waals surface area (Å²) in [6, 6.07) is 36.6. The molecule has 0 spiro atoms. The number of nitrogens with one attached hydrogen (secondary N) is 4. The number of carbonyl (C=O) groups excluding carboxylic acids is 6. The Morgan fingerprint density at radius 2 is 0.910 bits per heavy atom. The van der Waals surface area contributed by atoms with Gasteiger partial charge in [0.2, 0.25) is 17.7 Å². The molecular formula is C65H67ClF3N11O9. The van der Waals surface area contributed by atoms with Gasteiger partial charge in [-0.25, -0.2) is 27.6 Å². The van der Waals surface area contributed by atoms with Crippen LogP contribution >= 0.6 is 11.6 Å². The molecule has 0 aliphatic carbocycles. The Morgan fingerprint density at radius 1 is 0.562 bits per heavy atom. The molecule has 89 heavy (non-hydrogen) atoms. The molecule has 464 valence electrons. The summed E-state index contributed by atoms with van der Waals surface area (Å²) in [6.45, 7) is 8.24. The fourth-order valence-electron chi connectivity index (χ4n) is 9.83. The summed E-state index contributed by atoms with van der Waals surface area (Å²) in [4.78, 5) is 77.6. The van der Waals surface area contributed by atoms with Gasteiger partial charge in [-0.15, -0.1) is 18.0 Å². The van der Waals surface area contributed by atoms with E-state index in [1.165, 1.54) is 53.7 Å².